The molecule has 0 aliphatic carbocycles. The van der Waals surface area contributed by atoms with Crippen molar-refractivity contribution in [2.75, 3.05) is 17.2 Å². The Morgan fingerprint density at radius 2 is 2.17 bits per heavy atom. The third-order valence-electron chi connectivity index (χ3n) is 3.64. The van der Waals surface area contributed by atoms with Gasteiger partial charge in [-0.1, -0.05) is 0 Å². The summed E-state index contributed by atoms with van der Waals surface area (Å²) in [4.78, 5) is 8.80. The second-order valence-corrected chi connectivity index (χ2v) is 5.08. The highest BCUT2D eigenvalue weighted by Crippen LogP contribution is 2.35. The van der Waals surface area contributed by atoms with Crippen LogP contribution < -0.4 is 10.6 Å². The number of hydrogen-bond donors (Lipinski definition) is 2. The van der Waals surface area contributed by atoms with E-state index in [0.717, 1.165) is 30.4 Å². The van der Waals surface area contributed by atoms with E-state index in [-0.39, 0.29) is 0 Å². The maximum atomic E-state index is 5.84. The molecule has 3 atom stereocenters. The van der Waals surface area contributed by atoms with Crippen molar-refractivity contribution >= 4 is 11.6 Å². The SMILES string of the molecule is CCNc1cc(NC2CC3CCC2O3)nc(C)n1. The van der Waals surface area contributed by atoms with E-state index in [4.69, 9.17) is 4.74 Å². The first kappa shape index (κ1) is 11.7. The highest BCUT2D eigenvalue weighted by Gasteiger charge is 2.40. The van der Waals surface area contributed by atoms with E-state index >= 15 is 0 Å². The standard InChI is InChI=1S/C13H20N4O/c1-3-14-12-7-13(16-8(2)15-12)17-10-6-9-4-5-11(10)18-9/h7,9-11H,3-6H2,1-2H3,(H2,14,15,16,17). The third-order valence-corrected chi connectivity index (χ3v) is 3.64. The molecule has 2 bridgehead atoms. The van der Waals surface area contributed by atoms with Crippen LogP contribution in [0.15, 0.2) is 6.07 Å². The Hall–Kier alpha value is -1.36. The van der Waals surface area contributed by atoms with Gasteiger partial charge < -0.3 is 15.4 Å². The lowest BCUT2D eigenvalue weighted by atomic mass is 9.95. The van der Waals surface area contributed by atoms with Crippen molar-refractivity contribution in [3.05, 3.63) is 11.9 Å². The number of aryl methyl sites for hydroxylation is 1. The summed E-state index contributed by atoms with van der Waals surface area (Å²) < 4.78 is 5.84. The normalized spacial score (nSPS) is 29.6. The number of nitrogens with zero attached hydrogens (tertiary/aromatic N) is 2. The third kappa shape index (κ3) is 2.27. The fourth-order valence-electron chi connectivity index (χ4n) is 2.89. The van der Waals surface area contributed by atoms with Crippen LogP contribution in [0.1, 0.15) is 32.0 Å². The van der Waals surface area contributed by atoms with Crippen molar-refractivity contribution in [1.29, 1.82) is 0 Å². The fourth-order valence-corrected chi connectivity index (χ4v) is 2.89. The van der Waals surface area contributed by atoms with E-state index in [2.05, 4.69) is 27.5 Å². The van der Waals surface area contributed by atoms with Crippen LogP contribution in [0.2, 0.25) is 0 Å². The van der Waals surface area contributed by atoms with Crippen LogP contribution in [0.5, 0.6) is 0 Å². The lowest BCUT2D eigenvalue weighted by molar-refractivity contribution is 0.102. The van der Waals surface area contributed by atoms with E-state index in [0.29, 0.717) is 18.2 Å². The quantitative estimate of drug-likeness (QED) is 0.853. The van der Waals surface area contributed by atoms with Gasteiger partial charge in [0, 0.05) is 12.6 Å². The molecular weight excluding hydrogens is 228 g/mol. The molecule has 0 spiro atoms. The predicted octanol–water partition coefficient (Wildman–Crippen LogP) is 1.95. The lowest BCUT2D eigenvalue weighted by Crippen LogP contribution is -2.31. The van der Waals surface area contributed by atoms with E-state index in [9.17, 15) is 0 Å². The van der Waals surface area contributed by atoms with Gasteiger partial charge >= 0.3 is 0 Å². The fraction of sp³-hybridized carbons (Fsp3) is 0.692. The molecule has 0 saturated carbocycles. The molecule has 2 fully saturated rings. The van der Waals surface area contributed by atoms with Crippen molar-refractivity contribution in [3.8, 4) is 0 Å². The zero-order chi connectivity index (χ0) is 12.5. The van der Waals surface area contributed by atoms with Crippen LogP contribution in [0.3, 0.4) is 0 Å². The molecule has 3 rings (SSSR count). The second kappa shape index (κ2) is 4.72. The summed E-state index contributed by atoms with van der Waals surface area (Å²) >= 11 is 0. The molecule has 2 N–H and O–H groups in total. The minimum atomic E-state index is 0.368. The number of fused-ring (bicyclic) bond motifs is 2. The average molecular weight is 248 g/mol. The Kier molecular flexibility index (Phi) is 3.07. The Morgan fingerprint density at radius 1 is 1.33 bits per heavy atom. The van der Waals surface area contributed by atoms with Crippen molar-refractivity contribution in [1.82, 2.24) is 9.97 Å². The van der Waals surface area contributed by atoms with Crippen LogP contribution in [0.4, 0.5) is 11.6 Å². The molecule has 1 aromatic rings. The highest BCUT2D eigenvalue weighted by molar-refractivity contribution is 5.48. The van der Waals surface area contributed by atoms with E-state index in [1.807, 2.05) is 13.0 Å². The van der Waals surface area contributed by atoms with Gasteiger partial charge in [-0.15, -0.1) is 0 Å². The zero-order valence-electron chi connectivity index (χ0n) is 10.9. The summed E-state index contributed by atoms with van der Waals surface area (Å²) in [5.74, 6) is 2.58. The molecule has 98 valence electrons. The molecular formula is C13H20N4O. The van der Waals surface area contributed by atoms with E-state index < -0.39 is 0 Å². The molecule has 2 saturated heterocycles. The molecule has 0 amide bonds. The van der Waals surface area contributed by atoms with Crippen molar-refractivity contribution in [3.63, 3.8) is 0 Å². The van der Waals surface area contributed by atoms with Gasteiger partial charge in [0.1, 0.15) is 17.5 Å². The van der Waals surface area contributed by atoms with Crippen LogP contribution in [-0.4, -0.2) is 34.8 Å². The summed E-state index contributed by atoms with van der Waals surface area (Å²) in [7, 11) is 0. The van der Waals surface area contributed by atoms with Crippen LogP contribution >= 0.6 is 0 Å². The van der Waals surface area contributed by atoms with Gasteiger partial charge in [-0.05, 0) is 33.1 Å². The summed E-state index contributed by atoms with van der Waals surface area (Å²) in [6, 6.07) is 2.38. The number of anilines is 2. The second-order valence-electron chi connectivity index (χ2n) is 5.08. The molecule has 2 aliphatic rings. The lowest BCUT2D eigenvalue weighted by Gasteiger charge is -2.21. The highest BCUT2D eigenvalue weighted by atomic mass is 16.5. The Balaban J connectivity index is 1.72. The monoisotopic (exact) mass is 248 g/mol. The Labute approximate surface area is 107 Å². The Bertz CT molecular complexity index is 437. The summed E-state index contributed by atoms with van der Waals surface area (Å²) in [6.07, 6.45) is 4.32. The summed E-state index contributed by atoms with van der Waals surface area (Å²) in [6.45, 7) is 4.85. The van der Waals surface area contributed by atoms with Gasteiger partial charge in [0.25, 0.3) is 0 Å². The van der Waals surface area contributed by atoms with Crippen molar-refractivity contribution in [2.24, 2.45) is 0 Å². The maximum Gasteiger partial charge on any atom is 0.132 e. The number of nitrogens with one attached hydrogen (secondary N) is 2. The number of aromatic nitrogens is 2. The van der Waals surface area contributed by atoms with Gasteiger partial charge in [-0.2, -0.15) is 0 Å². The first-order chi connectivity index (χ1) is 8.74. The molecule has 5 nitrogen and oxygen atoms in total. The van der Waals surface area contributed by atoms with Gasteiger partial charge in [-0.3, -0.25) is 0 Å². The molecule has 1 aromatic heterocycles. The van der Waals surface area contributed by atoms with Gasteiger partial charge in [0.2, 0.25) is 0 Å². The molecule has 18 heavy (non-hydrogen) atoms. The first-order valence-corrected chi connectivity index (χ1v) is 6.76. The zero-order valence-corrected chi connectivity index (χ0v) is 10.9. The minimum Gasteiger partial charge on any atom is -0.373 e. The average Bonchev–Trinajstić information content (AvgIpc) is 2.90. The maximum absolute atomic E-state index is 5.84. The number of ether oxygens (including phenoxy) is 1. The molecule has 0 radical (unpaired) electrons. The van der Waals surface area contributed by atoms with Gasteiger partial charge in [0.05, 0.1) is 18.2 Å². The molecule has 5 heteroatoms. The topological polar surface area (TPSA) is 59.1 Å². The largest absolute Gasteiger partial charge is 0.373 e. The van der Waals surface area contributed by atoms with Crippen molar-refractivity contribution in [2.45, 2.75) is 51.4 Å². The summed E-state index contributed by atoms with van der Waals surface area (Å²) in [5.41, 5.74) is 0. The first-order valence-electron chi connectivity index (χ1n) is 6.76. The molecule has 2 aliphatic heterocycles. The van der Waals surface area contributed by atoms with E-state index in [1.165, 1.54) is 12.8 Å². The van der Waals surface area contributed by atoms with E-state index in [1.54, 1.807) is 0 Å². The predicted molar refractivity (Wildman–Crippen MR) is 70.9 cm³/mol. The van der Waals surface area contributed by atoms with Crippen molar-refractivity contribution < 1.29 is 4.74 Å². The smallest absolute Gasteiger partial charge is 0.132 e. The van der Waals surface area contributed by atoms with Crippen LogP contribution in [0.25, 0.3) is 0 Å². The molecule has 3 heterocycles. The van der Waals surface area contributed by atoms with Crippen LogP contribution in [-0.2, 0) is 4.74 Å². The van der Waals surface area contributed by atoms with Gasteiger partial charge in [-0.25, -0.2) is 9.97 Å². The molecule has 0 aromatic carbocycles. The van der Waals surface area contributed by atoms with Gasteiger partial charge in [0.15, 0.2) is 0 Å². The minimum absolute atomic E-state index is 0.368. The summed E-state index contributed by atoms with van der Waals surface area (Å²) in [5, 5.41) is 6.72. The number of rotatable bonds is 4. The number of hydrogen-bond acceptors (Lipinski definition) is 5. The molecule has 3 unspecified atom stereocenters. The van der Waals surface area contributed by atoms with Crippen LogP contribution in [0, 0.1) is 6.92 Å². The Morgan fingerprint density at radius 3 is 2.83 bits per heavy atom.